The van der Waals surface area contributed by atoms with Crippen molar-refractivity contribution in [1.29, 1.82) is 0 Å². The molecule has 2 aromatic heterocycles. The van der Waals surface area contributed by atoms with Crippen LogP contribution >= 0.6 is 0 Å². The summed E-state index contributed by atoms with van der Waals surface area (Å²) < 4.78 is 3.35. The fourth-order valence-corrected chi connectivity index (χ4v) is 2.66. The molecule has 2 aromatic rings. The smallest absolute Gasteiger partial charge is 0.274 e. The van der Waals surface area contributed by atoms with E-state index in [0.717, 1.165) is 25.3 Å². The first-order chi connectivity index (χ1) is 11.0. The van der Waals surface area contributed by atoms with Crippen LogP contribution in [0.2, 0.25) is 0 Å². The van der Waals surface area contributed by atoms with Gasteiger partial charge in [-0.25, -0.2) is 0 Å². The van der Waals surface area contributed by atoms with Gasteiger partial charge in [0.25, 0.3) is 5.56 Å². The van der Waals surface area contributed by atoms with E-state index in [2.05, 4.69) is 15.7 Å². The number of aromatic nitrogens is 3. The largest absolute Gasteiger partial charge is 0.334 e. The normalized spacial score (nSPS) is 13.9. The first kappa shape index (κ1) is 15.5. The quantitative estimate of drug-likeness (QED) is 0.831. The Morgan fingerprint density at radius 1 is 1.39 bits per heavy atom. The molecule has 0 bridgehead atoms. The number of carbonyl (C=O) groups excluding carboxylic acids is 1. The molecule has 0 aromatic carbocycles. The third kappa shape index (κ3) is 3.05. The molecule has 0 unspecified atom stereocenters. The van der Waals surface area contributed by atoms with Crippen LogP contribution in [0.4, 0.5) is 11.5 Å². The molecule has 0 radical (unpaired) electrons. The summed E-state index contributed by atoms with van der Waals surface area (Å²) in [5.41, 5.74) is 1.78. The van der Waals surface area contributed by atoms with Gasteiger partial charge in [-0.15, -0.1) is 0 Å². The van der Waals surface area contributed by atoms with Crippen LogP contribution in [0.3, 0.4) is 0 Å². The molecule has 1 aliphatic rings. The van der Waals surface area contributed by atoms with Gasteiger partial charge in [-0.05, 0) is 6.07 Å². The molecule has 0 saturated carbocycles. The van der Waals surface area contributed by atoms with Crippen molar-refractivity contribution >= 4 is 17.3 Å². The number of hydrogen-bond acceptors (Lipinski definition) is 5. The average molecular weight is 315 g/mol. The number of rotatable bonds is 4. The van der Waals surface area contributed by atoms with E-state index >= 15 is 0 Å². The highest BCUT2D eigenvalue weighted by Crippen LogP contribution is 2.17. The molecule has 1 aliphatic heterocycles. The van der Waals surface area contributed by atoms with Crippen LogP contribution in [-0.2, 0) is 20.1 Å². The van der Waals surface area contributed by atoms with Crippen molar-refractivity contribution in [2.45, 2.75) is 26.9 Å². The molecular formula is C16H21N5O2. The number of carbonyl (C=O) groups is 1. The number of nitrogens with one attached hydrogen (secondary N) is 2. The van der Waals surface area contributed by atoms with Crippen LogP contribution in [0.25, 0.3) is 0 Å². The molecular weight excluding hydrogens is 294 g/mol. The van der Waals surface area contributed by atoms with E-state index in [0.29, 0.717) is 17.1 Å². The van der Waals surface area contributed by atoms with Crippen molar-refractivity contribution in [2.75, 3.05) is 11.9 Å². The van der Waals surface area contributed by atoms with Gasteiger partial charge in [-0.1, -0.05) is 13.8 Å². The summed E-state index contributed by atoms with van der Waals surface area (Å²) in [6.45, 7) is 6.14. The van der Waals surface area contributed by atoms with Gasteiger partial charge in [0.15, 0.2) is 11.6 Å². The van der Waals surface area contributed by atoms with Crippen LogP contribution in [-0.4, -0.2) is 26.7 Å². The molecule has 0 fully saturated rings. The number of nitrogens with zero attached hydrogens (tertiary/aromatic N) is 3. The monoisotopic (exact) mass is 315 g/mol. The highest BCUT2D eigenvalue weighted by Gasteiger charge is 2.16. The Hall–Kier alpha value is -2.41. The third-order valence-corrected chi connectivity index (χ3v) is 3.92. The lowest BCUT2D eigenvalue weighted by molar-refractivity contribution is 0.0938. The number of anilines is 2. The number of aryl methyl sites for hydroxylation is 1. The van der Waals surface area contributed by atoms with E-state index in [9.17, 15) is 9.59 Å². The summed E-state index contributed by atoms with van der Waals surface area (Å²) in [6, 6.07) is 3.53. The second kappa shape index (κ2) is 6.00. The Balaban J connectivity index is 1.94. The van der Waals surface area contributed by atoms with Gasteiger partial charge in [0.05, 0.1) is 12.2 Å². The molecule has 3 heterocycles. The highest BCUT2D eigenvalue weighted by atomic mass is 16.1. The fraction of sp³-hybridized carbons (Fsp3) is 0.438. The standard InChI is InChI=1S/C16H21N5O2/c1-10(2)15(22)11-6-13(16(23)20(3)9-11)18-14-7-12-8-17-4-5-21(12)19-14/h6-7,9-10,17H,4-5,8H2,1-3H3,(H,18,19). The molecule has 0 aliphatic carbocycles. The summed E-state index contributed by atoms with van der Waals surface area (Å²) in [7, 11) is 1.65. The topological polar surface area (TPSA) is 81.0 Å². The number of fused-ring (bicyclic) bond motifs is 1. The summed E-state index contributed by atoms with van der Waals surface area (Å²) in [4.78, 5) is 24.5. The highest BCUT2D eigenvalue weighted by molar-refractivity contribution is 5.98. The Morgan fingerprint density at radius 2 is 2.17 bits per heavy atom. The lowest BCUT2D eigenvalue weighted by Gasteiger charge is -2.13. The zero-order valence-corrected chi connectivity index (χ0v) is 13.6. The lowest BCUT2D eigenvalue weighted by Crippen LogP contribution is -2.28. The molecule has 0 saturated heterocycles. The van der Waals surface area contributed by atoms with E-state index < -0.39 is 0 Å². The number of Topliss-reactive ketones (excluding diaryl/α,β-unsaturated/α-hetero) is 1. The predicted octanol–water partition coefficient (Wildman–Crippen LogP) is 1.27. The van der Waals surface area contributed by atoms with Crippen molar-refractivity contribution in [3.8, 4) is 0 Å². The van der Waals surface area contributed by atoms with Crippen molar-refractivity contribution in [2.24, 2.45) is 13.0 Å². The summed E-state index contributed by atoms with van der Waals surface area (Å²) in [5, 5.41) is 10.8. The minimum absolute atomic E-state index is 0.0111. The zero-order valence-electron chi connectivity index (χ0n) is 13.6. The van der Waals surface area contributed by atoms with Gasteiger partial charge in [0, 0.05) is 43.9 Å². The van der Waals surface area contributed by atoms with Gasteiger partial charge < -0.3 is 15.2 Å². The Kier molecular flexibility index (Phi) is 4.04. The van der Waals surface area contributed by atoms with Gasteiger partial charge >= 0.3 is 0 Å². The molecule has 3 rings (SSSR count). The first-order valence-electron chi connectivity index (χ1n) is 7.75. The predicted molar refractivity (Wildman–Crippen MR) is 88.1 cm³/mol. The minimum atomic E-state index is -0.186. The molecule has 23 heavy (non-hydrogen) atoms. The van der Waals surface area contributed by atoms with Gasteiger partial charge in [-0.2, -0.15) is 5.10 Å². The van der Waals surface area contributed by atoms with Crippen LogP contribution in [0.15, 0.2) is 23.1 Å². The third-order valence-electron chi connectivity index (χ3n) is 3.92. The van der Waals surface area contributed by atoms with Crippen molar-refractivity contribution in [1.82, 2.24) is 19.7 Å². The van der Waals surface area contributed by atoms with Crippen LogP contribution in [0.1, 0.15) is 29.9 Å². The Morgan fingerprint density at radius 3 is 2.87 bits per heavy atom. The maximum absolute atomic E-state index is 12.3. The van der Waals surface area contributed by atoms with Crippen molar-refractivity contribution in [3.05, 3.63) is 39.9 Å². The molecule has 0 atom stereocenters. The first-order valence-corrected chi connectivity index (χ1v) is 7.75. The molecule has 0 spiro atoms. The maximum atomic E-state index is 12.3. The van der Waals surface area contributed by atoms with E-state index in [1.54, 1.807) is 19.3 Å². The van der Waals surface area contributed by atoms with E-state index in [1.807, 2.05) is 24.6 Å². The molecule has 2 N–H and O–H groups in total. The van der Waals surface area contributed by atoms with E-state index in [-0.39, 0.29) is 17.3 Å². The Bertz CT molecular complexity index is 780. The lowest BCUT2D eigenvalue weighted by atomic mass is 10.0. The SMILES string of the molecule is CC(C)C(=O)c1cc(Nc2cc3n(n2)CCNC3)c(=O)n(C)c1. The molecule has 122 valence electrons. The molecule has 0 amide bonds. The second-order valence-corrected chi connectivity index (χ2v) is 6.12. The van der Waals surface area contributed by atoms with Gasteiger partial charge in [-0.3, -0.25) is 14.3 Å². The summed E-state index contributed by atoms with van der Waals surface area (Å²) in [6.07, 6.45) is 1.58. The second-order valence-electron chi connectivity index (χ2n) is 6.12. The number of pyridine rings is 1. The van der Waals surface area contributed by atoms with Crippen molar-refractivity contribution in [3.63, 3.8) is 0 Å². The van der Waals surface area contributed by atoms with E-state index in [4.69, 9.17) is 0 Å². The Labute approximate surface area is 134 Å². The van der Waals surface area contributed by atoms with Crippen molar-refractivity contribution < 1.29 is 4.79 Å². The van der Waals surface area contributed by atoms with E-state index in [1.165, 1.54) is 4.57 Å². The minimum Gasteiger partial charge on any atom is -0.334 e. The summed E-state index contributed by atoms with van der Waals surface area (Å²) >= 11 is 0. The van der Waals surface area contributed by atoms with Crippen LogP contribution in [0.5, 0.6) is 0 Å². The summed E-state index contributed by atoms with van der Waals surface area (Å²) in [5.74, 6) is 0.512. The number of hydrogen-bond donors (Lipinski definition) is 2. The van der Waals surface area contributed by atoms with Crippen LogP contribution < -0.4 is 16.2 Å². The molecule has 7 nitrogen and oxygen atoms in total. The van der Waals surface area contributed by atoms with Gasteiger partial charge in [0.2, 0.25) is 0 Å². The van der Waals surface area contributed by atoms with Gasteiger partial charge in [0.1, 0.15) is 5.69 Å². The average Bonchev–Trinajstić information content (AvgIpc) is 2.93. The fourth-order valence-electron chi connectivity index (χ4n) is 2.66. The van der Waals surface area contributed by atoms with Crippen LogP contribution in [0, 0.1) is 5.92 Å². The molecule has 7 heteroatoms. The maximum Gasteiger partial charge on any atom is 0.274 e. The zero-order chi connectivity index (χ0) is 16.6. The number of ketones is 1.